The van der Waals surface area contributed by atoms with Crippen LogP contribution in [-0.4, -0.2) is 21.9 Å². The molecule has 0 aliphatic heterocycles. The van der Waals surface area contributed by atoms with Crippen LogP contribution in [0.15, 0.2) is 30.5 Å². The van der Waals surface area contributed by atoms with Crippen molar-refractivity contribution >= 4 is 5.78 Å². The predicted octanol–water partition coefficient (Wildman–Crippen LogP) is 2.86. The lowest BCUT2D eigenvalue weighted by atomic mass is 10.0. The van der Waals surface area contributed by atoms with Crippen molar-refractivity contribution in [2.45, 2.75) is 13.3 Å². The first kappa shape index (κ1) is 14.1. The molecule has 0 N–H and O–H groups in total. The van der Waals surface area contributed by atoms with E-state index < -0.39 is 17.9 Å². The highest BCUT2D eigenvalue weighted by molar-refractivity contribution is 6.11. The Balaban J connectivity index is 2.42. The van der Waals surface area contributed by atoms with Crippen molar-refractivity contribution in [3.63, 3.8) is 0 Å². The fourth-order valence-corrected chi connectivity index (χ4v) is 1.84. The Morgan fingerprint density at radius 2 is 1.90 bits per heavy atom. The van der Waals surface area contributed by atoms with Gasteiger partial charge < -0.3 is 4.74 Å². The topological polar surface area (TPSA) is 44.1 Å². The summed E-state index contributed by atoms with van der Waals surface area (Å²) in [5, 5.41) is 3.99. The molecule has 1 aromatic heterocycles. The van der Waals surface area contributed by atoms with Crippen molar-refractivity contribution in [1.29, 1.82) is 0 Å². The number of alkyl halides is 3. The van der Waals surface area contributed by atoms with Gasteiger partial charge in [0.1, 0.15) is 5.75 Å². The molecule has 7 heteroatoms. The highest BCUT2D eigenvalue weighted by Gasteiger charge is 2.33. The second-order valence-corrected chi connectivity index (χ2v) is 4.17. The summed E-state index contributed by atoms with van der Waals surface area (Å²) in [5.74, 6) is -1.08. The molecule has 1 aromatic carbocycles. The van der Waals surface area contributed by atoms with E-state index in [1.54, 1.807) is 14.0 Å². The minimum atomic E-state index is -4.85. The van der Waals surface area contributed by atoms with Crippen molar-refractivity contribution < 1.29 is 22.7 Å². The van der Waals surface area contributed by atoms with Gasteiger partial charge in [0, 0.05) is 13.2 Å². The van der Waals surface area contributed by atoms with E-state index in [9.17, 15) is 18.0 Å². The SMILES string of the molecule is Cc1nn(C)cc1C(=O)c1ccccc1OC(F)(F)F. The minimum Gasteiger partial charge on any atom is -0.405 e. The van der Waals surface area contributed by atoms with Crippen LogP contribution in [0.4, 0.5) is 13.2 Å². The third-order valence-electron chi connectivity index (χ3n) is 2.62. The summed E-state index contributed by atoms with van der Waals surface area (Å²) in [6.07, 6.45) is -3.39. The molecule has 1 heterocycles. The summed E-state index contributed by atoms with van der Waals surface area (Å²) in [6.45, 7) is 1.61. The van der Waals surface area contributed by atoms with E-state index in [4.69, 9.17) is 0 Å². The van der Waals surface area contributed by atoms with Crippen LogP contribution in [0, 0.1) is 6.92 Å². The lowest BCUT2D eigenvalue weighted by Crippen LogP contribution is -2.19. The van der Waals surface area contributed by atoms with E-state index >= 15 is 0 Å². The zero-order valence-corrected chi connectivity index (χ0v) is 10.7. The number of hydrogen-bond donors (Lipinski definition) is 0. The molecule has 0 atom stereocenters. The second kappa shape index (κ2) is 4.99. The quantitative estimate of drug-likeness (QED) is 0.814. The number of ether oxygens (including phenoxy) is 1. The molecule has 0 bridgehead atoms. The first-order chi connectivity index (χ1) is 9.28. The third kappa shape index (κ3) is 2.98. The van der Waals surface area contributed by atoms with Crippen LogP contribution < -0.4 is 4.74 Å². The molecule has 0 spiro atoms. The number of para-hydroxylation sites is 1. The van der Waals surface area contributed by atoms with Gasteiger partial charge in [-0.3, -0.25) is 9.48 Å². The van der Waals surface area contributed by atoms with Gasteiger partial charge in [-0.25, -0.2) is 0 Å². The number of benzene rings is 1. The van der Waals surface area contributed by atoms with Crippen LogP contribution in [0.3, 0.4) is 0 Å². The van der Waals surface area contributed by atoms with Gasteiger partial charge in [-0.15, -0.1) is 13.2 Å². The molecule has 0 unspecified atom stereocenters. The number of nitrogens with zero attached hydrogens (tertiary/aromatic N) is 2. The van der Waals surface area contributed by atoms with Crippen LogP contribution in [0.2, 0.25) is 0 Å². The summed E-state index contributed by atoms with van der Waals surface area (Å²) in [6, 6.07) is 5.23. The van der Waals surface area contributed by atoms with Crippen molar-refractivity contribution in [1.82, 2.24) is 9.78 Å². The highest BCUT2D eigenvalue weighted by atomic mass is 19.4. The maximum atomic E-state index is 12.3. The van der Waals surface area contributed by atoms with Crippen LogP contribution in [-0.2, 0) is 7.05 Å². The molecular formula is C13H11F3N2O2. The van der Waals surface area contributed by atoms with E-state index in [0.717, 1.165) is 6.07 Å². The summed E-state index contributed by atoms with van der Waals surface area (Å²) in [5.41, 5.74) is 0.533. The fraction of sp³-hybridized carbons (Fsp3) is 0.231. The third-order valence-corrected chi connectivity index (χ3v) is 2.62. The number of hydrogen-bond acceptors (Lipinski definition) is 3. The van der Waals surface area contributed by atoms with Gasteiger partial charge in [-0.05, 0) is 19.1 Å². The first-order valence-electron chi connectivity index (χ1n) is 5.67. The van der Waals surface area contributed by atoms with Crippen LogP contribution in [0.5, 0.6) is 5.75 Å². The van der Waals surface area contributed by atoms with E-state index in [0.29, 0.717) is 5.69 Å². The maximum Gasteiger partial charge on any atom is 0.573 e. The van der Waals surface area contributed by atoms with E-state index in [1.807, 2.05) is 0 Å². The lowest BCUT2D eigenvalue weighted by molar-refractivity contribution is -0.274. The summed E-state index contributed by atoms with van der Waals surface area (Å²) in [7, 11) is 1.63. The standard InChI is InChI=1S/C13H11F3N2O2/c1-8-10(7-18(2)17-8)12(19)9-5-3-4-6-11(9)20-13(14,15)16/h3-7H,1-2H3. The number of carbonyl (C=O) groups is 1. The molecule has 0 fully saturated rings. The van der Waals surface area contributed by atoms with Gasteiger partial charge in [-0.2, -0.15) is 5.10 Å². The Labute approximate surface area is 112 Å². The fourth-order valence-electron chi connectivity index (χ4n) is 1.84. The zero-order chi connectivity index (χ0) is 14.9. The van der Waals surface area contributed by atoms with Crippen LogP contribution in [0.1, 0.15) is 21.6 Å². The Kier molecular flexibility index (Phi) is 3.52. The largest absolute Gasteiger partial charge is 0.573 e. The number of carbonyl (C=O) groups excluding carboxylic acids is 1. The van der Waals surface area contributed by atoms with Crippen LogP contribution >= 0.6 is 0 Å². The highest BCUT2D eigenvalue weighted by Crippen LogP contribution is 2.28. The number of ketones is 1. The van der Waals surface area contributed by atoms with Crippen molar-refractivity contribution in [2.75, 3.05) is 0 Å². The van der Waals surface area contributed by atoms with Crippen molar-refractivity contribution in [2.24, 2.45) is 7.05 Å². The van der Waals surface area contributed by atoms with Crippen molar-refractivity contribution in [3.8, 4) is 5.75 Å². The molecule has 20 heavy (non-hydrogen) atoms. The van der Waals surface area contributed by atoms with E-state index in [-0.39, 0.29) is 11.1 Å². The Hall–Kier alpha value is -2.31. The van der Waals surface area contributed by atoms with Gasteiger partial charge in [0.05, 0.1) is 16.8 Å². The number of aromatic nitrogens is 2. The van der Waals surface area contributed by atoms with Gasteiger partial charge in [-0.1, -0.05) is 12.1 Å². The number of aryl methyl sites for hydroxylation is 2. The average Bonchev–Trinajstić information content (AvgIpc) is 2.66. The molecule has 0 aliphatic carbocycles. The van der Waals surface area contributed by atoms with Crippen molar-refractivity contribution in [3.05, 3.63) is 47.3 Å². The first-order valence-corrected chi connectivity index (χ1v) is 5.67. The van der Waals surface area contributed by atoms with Gasteiger partial charge in [0.2, 0.25) is 0 Å². The van der Waals surface area contributed by atoms with Crippen LogP contribution in [0.25, 0.3) is 0 Å². The Morgan fingerprint density at radius 3 is 2.45 bits per heavy atom. The molecule has 106 valence electrons. The molecular weight excluding hydrogens is 273 g/mol. The smallest absolute Gasteiger partial charge is 0.405 e. The maximum absolute atomic E-state index is 12.3. The summed E-state index contributed by atoms with van der Waals surface area (Å²) < 4.78 is 42.3. The average molecular weight is 284 g/mol. The molecule has 2 aromatic rings. The molecule has 0 radical (unpaired) electrons. The molecule has 0 saturated carbocycles. The summed E-state index contributed by atoms with van der Waals surface area (Å²) >= 11 is 0. The number of halogens is 3. The Bertz CT molecular complexity index is 647. The second-order valence-electron chi connectivity index (χ2n) is 4.17. The molecule has 0 saturated heterocycles. The normalized spacial score (nSPS) is 11.4. The summed E-state index contributed by atoms with van der Waals surface area (Å²) in [4.78, 5) is 12.3. The Morgan fingerprint density at radius 1 is 1.25 bits per heavy atom. The zero-order valence-electron chi connectivity index (χ0n) is 10.7. The van der Waals surface area contributed by atoms with Gasteiger partial charge >= 0.3 is 6.36 Å². The van der Waals surface area contributed by atoms with E-state index in [1.165, 1.54) is 29.1 Å². The molecule has 0 aliphatic rings. The van der Waals surface area contributed by atoms with E-state index in [2.05, 4.69) is 9.84 Å². The monoisotopic (exact) mass is 284 g/mol. The molecule has 0 amide bonds. The number of rotatable bonds is 3. The van der Waals surface area contributed by atoms with Gasteiger partial charge in [0.15, 0.2) is 5.78 Å². The van der Waals surface area contributed by atoms with Gasteiger partial charge in [0.25, 0.3) is 0 Å². The predicted molar refractivity (Wildman–Crippen MR) is 64.5 cm³/mol. The lowest BCUT2D eigenvalue weighted by Gasteiger charge is -2.12. The molecule has 2 rings (SSSR count). The minimum absolute atomic E-state index is 0.152. The molecule has 4 nitrogen and oxygen atoms in total.